The summed E-state index contributed by atoms with van der Waals surface area (Å²) in [4.78, 5) is 34.9. The number of anilines is 1. The van der Waals surface area contributed by atoms with E-state index in [1.54, 1.807) is 11.1 Å². The van der Waals surface area contributed by atoms with Crippen LogP contribution in [0.15, 0.2) is 48.7 Å². The van der Waals surface area contributed by atoms with Crippen LogP contribution in [0.1, 0.15) is 49.4 Å². The second-order valence-electron chi connectivity index (χ2n) is 11.4. The average molecular weight is 630 g/mol. The molecule has 1 aromatic carbocycles. The van der Waals surface area contributed by atoms with Crippen LogP contribution in [0.2, 0.25) is 0 Å². The van der Waals surface area contributed by atoms with Crippen molar-refractivity contribution in [3.8, 4) is 17.1 Å². The summed E-state index contributed by atoms with van der Waals surface area (Å²) < 4.78 is 60.9. The number of carboxylic acid groups (broad SMARTS) is 1. The largest absolute Gasteiger partial charge is 0.483 e. The molecule has 1 amide bonds. The zero-order chi connectivity index (χ0) is 32.2. The number of hydrogen-bond acceptors (Lipinski definition) is 7. The molecule has 1 spiro atoms. The Morgan fingerprint density at radius 2 is 1.96 bits per heavy atom. The van der Waals surface area contributed by atoms with E-state index in [-0.39, 0.29) is 24.1 Å². The third-order valence-corrected chi connectivity index (χ3v) is 8.70. The Bertz CT molecular complexity index is 1520. The predicted octanol–water partition coefficient (Wildman–Crippen LogP) is 5.03. The van der Waals surface area contributed by atoms with Gasteiger partial charge in [-0.3, -0.25) is 14.6 Å². The van der Waals surface area contributed by atoms with Gasteiger partial charge in [0.25, 0.3) is 6.47 Å². The number of piperidine rings is 1. The van der Waals surface area contributed by atoms with E-state index in [1.165, 1.54) is 6.07 Å². The number of hydrogen-bond donors (Lipinski definition) is 2. The second kappa shape index (κ2) is 13.4. The minimum Gasteiger partial charge on any atom is -0.483 e. The highest BCUT2D eigenvalue weighted by Crippen LogP contribution is 2.45. The average Bonchev–Trinajstić information content (AvgIpc) is 3.57. The van der Waals surface area contributed by atoms with Crippen LogP contribution in [-0.4, -0.2) is 71.2 Å². The monoisotopic (exact) mass is 629 g/mol. The molecule has 0 aliphatic carbocycles. The first-order valence-corrected chi connectivity index (χ1v) is 14.9. The first kappa shape index (κ1) is 32.1. The van der Waals surface area contributed by atoms with Crippen LogP contribution in [0.5, 0.6) is 5.88 Å². The number of benzene rings is 1. The molecular weight excluding hydrogens is 594 g/mol. The number of pyridine rings is 2. The molecule has 9 nitrogen and oxygen atoms in total. The SMILES string of the molecule is CCOc1ncccc1-c1ccc2c(n1)CN(C(=O)[C@H]1CCCN1)CC21CCN(c2ccc(F)cc2C(F)(F)F)CC1.O=CO. The van der Waals surface area contributed by atoms with Gasteiger partial charge in [0.1, 0.15) is 5.82 Å². The quantitative estimate of drug-likeness (QED) is 0.299. The Labute approximate surface area is 258 Å². The molecule has 0 bridgehead atoms. The Kier molecular flexibility index (Phi) is 9.56. The molecule has 2 fully saturated rings. The molecule has 3 aromatic rings. The van der Waals surface area contributed by atoms with Crippen molar-refractivity contribution >= 4 is 18.1 Å². The van der Waals surface area contributed by atoms with E-state index in [1.807, 2.05) is 36.1 Å². The lowest BCUT2D eigenvalue weighted by Crippen LogP contribution is -2.56. The van der Waals surface area contributed by atoms with Crippen LogP contribution < -0.4 is 15.0 Å². The molecule has 3 aliphatic rings. The Balaban J connectivity index is 0.00000128. The summed E-state index contributed by atoms with van der Waals surface area (Å²) in [5.74, 6) is -0.408. The van der Waals surface area contributed by atoms with Gasteiger partial charge in [-0.05, 0) is 81.1 Å². The van der Waals surface area contributed by atoms with Crippen molar-refractivity contribution in [1.82, 2.24) is 20.2 Å². The van der Waals surface area contributed by atoms with Crippen molar-refractivity contribution in [2.45, 2.75) is 56.8 Å². The molecule has 240 valence electrons. The van der Waals surface area contributed by atoms with Gasteiger partial charge in [0.15, 0.2) is 0 Å². The lowest BCUT2D eigenvalue weighted by atomic mass is 9.69. The second-order valence-corrected chi connectivity index (χ2v) is 11.4. The smallest absolute Gasteiger partial charge is 0.418 e. The normalized spacial score (nSPS) is 19.0. The molecule has 2 aromatic heterocycles. The number of amides is 1. The minimum atomic E-state index is -4.67. The molecule has 2 saturated heterocycles. The van der Waals surface area contributed by atoms with Gasteiger partial charge in [-0.2, -0.15) is 13.2 Å². The van der Waals surface area contributed by atoms with E-state index in [0.29, 0.717) is 63.3 Å². The summed E-state index contributed by atoms with van der Waals surface area (Å²) in [6.45, 7) is 4.37. The molecule has 13 heteroatoms. The van der Waals surface area contributed by atoms with Gasteiger partial charge < -0.3 is 25.0 Å². The summed E-state index contributed by atoms with van der Waals surface area (Å²) >= 11 is 0. The molecule has 1 atom stereocenters. The maximum atomic E-state index is 13.8. The maximum Gasteiger partial charge on any atom is 0.418 e. The van der Waals surface area contributed by atoms with Crippen molar-refractivity contribution in [1.29, 1.82) is 0 Å². The third-order valence-electron chi connectivity index (χ3n) is 8.70. The first-order chi connectivity index (χ1) is 21.6. The van der Waals surface area contributed by atoms with Gasteiger partial charge in [0, 0.05) is 36.9 Å². The highest BCUT2D eigenvalue weighted by Gasteiger charge is 2.46. The van der Waals surface area contributed by atoms with Crippen LogP contribution in [-0.2, 0) is 27.7 Å². The van der Waals surface area contributed by atoms with Gasteiger partial charge in [0.2, 0.25) is 11.8 Å². The highest BCUT2D eigenvalue weighted by atomic mass is 19.4. The Morgan fingerprint density at radius 1 is 1.20 bits per heavy atom. The number of fused-ring (bicyclic) bond motifs is 2. The number of ether oxygens (including phenoxy) is 1. The Morgan fingerprint density at radius 3 is 2.62 bits per heavy atom. The molecule has 0 unspecified atom stereocenters. The van der Waals surface area contributed by atoms with Gasteiger partial charge in [-0.15, -0.1) is 0 Å². The first-order valence-electron chi connectivity index (χ1n) is 14.9. The van der Waals surface area contributed by atoms with Gasteiger partial charge in [0.05, 0.1) is 41.7 Å². The number of halogens is 4. The molecular formula is C32H35F4N5O4. The number of carbonyl (C=O) groups is 2. The fourth-order valence-electron chi connectivity index (χ4n) is 6.67. The molecule has 3 aliphatic heterocycles. The van der Waals surface area contributed by atoms with Crippen molar-refractivity contribution in [3.05, 3.63) is 71.3 Å². The zero-order valence-electron chi connectivity index (χ0n) is 24.8. The Hall–Kier alpha value is -4.26. The van der Waals surface area contributed by atoms with Crippen molar-refractivity contribution in [2.24, 2.45) is 0 Å². The van der Waals surface area contributed by atoms with Crippen LogP contribution in [0.3, 0.4) is 0 Å². The van der Waals surface area contributed by atoms with E-state index in [2.05, 4.69) is 10.3 Å². The fourth-order valence-corrected chi connectivity index (χ4v) is 6.67. The summed E-state index contributed by atoms with van der Waals surface area (Å²) in [6, 6.07) is 10.3. The van der Waals surface area contributed by atoms with Crippen molar-refractivity contribution in [2.75, 3.05) is 37.7 Å². The summed E-state index contributed by atoms with van der Waals surface area (Å²) in [5, 5.41) is 10.2. The number of carbonyl (C=O) groups excluding carboxylic acids is 1. The van der Waals surface area contributed by atoms with E-state index < -0.39 is 23.0 Å². The highest BCUT2D eigenvalue weighted by molar-refractivity contribution is 5.82. The molecule has 0 saturated carbocycles. The lowest BCUT2D eigenvalue weighted by Gasteiger charge is -2.49. The molecule has 2 N–H and O–H groups in total. The topological polar surface area (TPSA) is 108 Å². The zero-order valence-corrected chi connectivity index (χ0v) is 24.8. The molecule has 5 heterocycles. The van der Waals surface area contributed by atoms with Gasteiger partial charge in [-0.1, -0.05) is 6.07 Å². The summed E-state index contributed by atoms with van der Waals surface area (Å²) in [7, 11) is 0. The van der Waals surface area contributed by atoms with E-state index >= 15 is 0 Å². The number of aromatic nitrogens is 2. The predicted molar refractivity (Wildman–Crippen MR) is 158 cm³/mol. The molecule has 45 heavy (non-hydrogen) atoms. The van der Waals surface area contributed by atoms with Crippen molar-refractivity contribution in [3.63, 3.8) is 0 Å². The van der Waals surface area contributed by atoms with Crippen molar-refractivity contribution < 1.29 is 37.0 Å². The number of nitrogens with one attached hydrogen (secondary N) is 1. The van der Waals surface area contributed by atoms with Crippen LogP contribution in [0, 0.1) is 5.82 Å². The van der Waals surface area contributed by atoms with Crippen LogP contribution in [0.4, 0.5) is 23.2 Å². The van der Waals surface area contributed by atoms with Crippen LogP contribution in [0.25, 0.3) is 11.3 Å². The molecule has 0 radical (unpaired) electrons. The number of rotatable bonds is 5. The third kappa shape index (κ3) is 6.73. The summed E-state index contributed by atoms with van der Waals surface area (Å²) in [5.41, 5.74) is 1.77. The standard InChI is InChI=1S/C31H33F4N5O2.CH2O2/c1-2-42-28-21(5-3-14-37-28)24-9-8-22-26(38-24)18-40(29(41)25-6-4-13-36-25)19-30(22)11-15-39(16-12-30)27-10-7-20(32)17-23(27)31(33,34)35;2-1-3/h3,5,7-10,14,17,25,36H,2,4,6,11-13,15-16,18-19H2,1H3;1H,(H,2,3)/t25-;/m1./s1. The van der Waals surface area contributed by atoms with Gasteiger partial charge in [-0.25, -0.2) is 9.37 Å². The fraction of sp³-hybridized carbons (Fsp3) is 0.438. The van der Waals surface area contributed by atoms with Crippen LogP contribution >= 0.6 is 0 Å². The number of alkyl halides is 3. The van der Waals surface area contributed by atoms with E-state index in [4.69, 9.17) is 19.6 Å². The van der Waals surface area contributed by atoms with E-state index in [0.717, 1.165) is 42.3 Å². The van der Waals surface area contributed by atoms with E-state index in [9.17, 15) is 22.4 Å². The molecule has 6 rings (SSSR count). The maximum absolute atomic E-state index is 13.8. The minimum absolute atomic E-state index is 0.0219. The summed E-state index contributed by atoms with van der Waals surface area (Å²) in [6.07, 6.45) is -0.258. The number of nitrogens with zero attached hydrogens (tertiary/aromatic N) is 4. The lowest BCUT2D eigenvalue weighted by molar-refractivity contribution is -0.137. The van der Waals surface area contributed by atoms with Gasteiger partial charge >= 0.3 is 6.18 Å².